The molecule has 5 heteroatoms. The fourth-order valence-corrected chi connectivity index (χ4v) is 3.48. The number of benzene rings is 2. The van der Waals surface area contributed by atoms with Crippen LogP contribution in [0.5, 0.6) is 0 Å². The maximum Gasteiger partial charge on any atom is 0.337 e. The lowest BCUT2D eigenvalue weighted by Crippen LogP contribution is -1.98. The van der Waals surface area contributed by atoms with E-state index in [1.165, 1.54) is 5.56 Å². The molecule has 2 heterocycles. The van der Waals surface area contributed by atoms with Gasteiger partial charge in [0.15, 0.2) is 0 Å². The normalized spacial score (nSPS) is 11.0. The van der Waals surface area contributed by atoms with Crippen LogP contribution in [0.1, 0.15) is 15.9 Å². The molecule has 4 rings (SSSR count). The molecule has 24 heavy (non-hydrogen) atoms. The summed E-state index contributed by atoms with van der Waals surface area (Å²) in [5.74, 6) is -0.287. The second kappa shape index (κ2) is 5.62. The van der Waals surface area contributed by atoms with Gasteiger partial charge >= 0.3 is 5.97 Å². The first-order valence-corrected chi connectivity index (χ1v) is 8.43. The smallest absolute Gasteiger partial charge is 0.337 e. The molecular weight excluding hydrogens is 320 g/mol. The standard InChI is InChI=1S/C19H14N2O2S/c1-11-8-15(19(22)23)17-16(9-11)20-18(21-17)13-4-2-12(3-5-13)14-6-7-24-10-14/h2-10H,1H3,(H,20,21)(H,22,23). The van der Waals surface area contributed by atoms with E-state index in [9.17, 15) is 9.90 Å². The predicted molar refractivity (Wildman–Crippen MR) is 96.5 cm³/mol. The molecule has 0 bridgehead atoms. The van der Waals surface area contributed by atoms with Crippen molar-refractivity contribution in [3.05, 3.63) is 64.4 Å². The Kier molecular flexibility index (Phi) is 3.43. The number of aromatic amines is 1. The summed E-state index contributed by atoms with van der Waals surface area (Å²) in [6.07, 6.45) is 0. The van der Waals surface area contributed by atoms with Gasteiger partial charge < -0.3 is 10.1 Å². The number of aromatic carboxylic acids is 1. The third-order valence-electron chi connectivity index (χ3n) is 3.97. The molecule has 2 aromatic carbocycles. The van der Waals surface area contributed by atoms with Crippen molar-refractivity contribution in [1.82, 2.24) is 9.97 Å². The number of nitrogens with zero attached hydrogens (tertiary/aromatic N) is 1. The van der Waals surface area contributed by atoms with Crippen LogP contribution in [-0.2, 0) is 0 Å². The number of aryl methyl sites for hydroxylation is 1. The van der Waals surface area contributed by atoms with Crippen molar-refractivity contribution in [1.29, 1.82) is 0 Å². The average Bonchev–Trinajstić information content (AvgIpc) is 3.23. The van der Waals surface area contributed by atoms with E-state index < -0.39 is 5.97 Å². The molecule has 0 fully saturated rings. The number of aromatic nitrogens is 2. The van der Waals surface area contributed by atoms with Crippen LogP contribution in [0.25, 0.3) is 33.5 Å². The molecule has 0 unspecified atom stereocenters. The lowest BCUT2D eigenvalue weighted by Gasteiger charge is -2.00. The number of fused-ring (bicyclic) bond motifs is 1. The summed E-state index contributed by atoms with van der Waals surface area (Å²) in [5, 5.41) is 13.5. The predicted octanol–water partition coefficient (Wildman–Crippen LogP) is 4.97. The van der Waals surface area contributed by atoms with E-state index in [0.29, 0.717) is 11.3 Å². The number of hydrogen-bond acceptors (Lipinski definition) is 3. The first kappa shape index (κ1) is 14.7. The Balaban J connectivity index is 1.79. The molecule has 0 aliphatic rings. The monoisotopic (exact) mass is 334 g/mol. The molecule has 0 aliphatic heterocycles. The second-order valence-electron chi connectivity index (χ2n) is 5.69. The lowest BCUT2D eigenvalue weighted by atomic mass is 10.1. The zero-order chi connectivity index (χ0) is 16.7. The van der Waals surface area contributed by atoms with Gasteiger partial charge in [0.05, 0.1) is 11.1 Å². The van der Waals surface area contributed by atoms with E-state index in [0.717, 1.165) is 22.2 Å². The van der Waals surface area contributed by atoms with Gasteiger partial charge in [-0.2, -0.15) is 11.3 Å². The SMILES string of the molecule is Cc1cc(C(=O)O)c2nc(-c3ccc(-c4ccsc4)cc3)[nH]c2c1. The molecule has 118 valence electrons. The fraction of sp³-hybridized carbons (Fsp3) is 0.0526. The molecule has 4 nitrogen and oxygen atoms in total. The zero-order valence-electron chi connectivity index (χ0n) is 12.9. The summed E-state index contributed by atoms with van der Waals surface area (Å²) in [6.45, 7) is 1.88. The number of thiophene rings is 1. The summed E-state index contributed by atoms with van der Waals surface area (Å²) < 4.78 is 0. The Bertz CT molecular complexity index is 1030. The minimum Gasteiger partial charge on any atom is -0.478 e. The van der Waals surface area contributed by atoms with Crippen molar-refractivity contribution >= 4 is 28.3 Å². The molecule has 0 saturated heterocycles. The summed E-state index contributed by atoms with van der Waals surface area (Å²) in [7, 11) is 0. The van der Waals surface area contributed by atoms with Crippen LogP contribution in [0.15, 0.2) is 53.2 Å². The molecule has 0 aliphatic carbocycles. The van der Waals surface area contributed by atoms with Crippen molar-refractivity contribution in [3.8, 4) is 22.5 Å². The molecule has 2 N–H and O–H groups in total. The van der Waals surface area contributed by atoms with Crippen molar-refractivity contribution in [2.24, 2.45) is 0 Å². The topological polar surface area (TPSA) is 66.0 Å². The highest BCUT2D eigenvalue weighted by molar-refractivity contribution is 7.08. The average molecular weight is 334 g/mol. The van der Waals surface area contributed by atoms with Gasteiger partial charge in [-0.1, -0.05) is 24.3 Å². The minimum atomic E-state index is -0.963. The number of carboxylic acid groups (broad SMARTS) is 1. The summed E-state index contributed by atoms with van der Waals surface area (Å²) in [5.41, 5.74) is 5.62. The summed E-state index contributed by atoms with van der Waals surface area (Å²) in [6, 6.07) is 13.7. The summed E-state index contributed by atoms with van der Waals surface area (Å²) in [4.78, 5) is 19.2. The van der Waals surface area contributed by atoms with Crippen molar-refractivity contribution in [3.63, 3.8) is 0 Å². The number of nitrogens with one attached hydrogen (secondary N) is 1. The van der Waals surface area contributed by atoms with Crippen molar-refractivity contribution in [2.75, 3.05) is 0 Å². The largest absolute Gasteiger partial charge is 0.478 e. The molecule has 4 aromatic rings. The van der Waals surface area contributed by atoms with Gasteiger partial charge in [0.1, 0.15) is 11.3 Å². The Morgan fingerprint density at radius 2 is 1.83 bits per heavy atom. The van der Waals surface area contributed by atoms with Crippen LogP contribution < -0.4 is 0 Å². The van der Waals surface area contributed by atoms with Gasteiger partial charge in [-0.15, -0.1) is 0 Å². The number of hydrogen-bond donors (Lipinski definition) is 2. The second-order valence-corrected chi connectivity index (χ2v) is 6.47. The van der Waals surface area contributed by atoms with Gasteiger partial charge in [-0.3, -0.25) is 0 Å². The first-order chi connectivity index (χ1) is 11.6. The third kappa shape index (κ3) is 2.49. The third-order valence-corrected chi connectivity index (χ3v) is 4.66. The van der Waals surface area contributed by atoms with Crippen molar-refractivity contribution < 1.29 is 9.90 Å². The maximum atomic E-state index is 11.4. The quantitative estimate of drug-likeness (QED) is 0.556. The number of imidazole rings is 1. The Labute approximate surface area is 142 Å². The van der Waals surface area contributed by atoms with Gasteiger partial charge in [-0.25, -0.2) is 9.78 Å². The molecule has 2 aromatic heterocycles. The van der Waals surface area contributed by atoms with Gasteiger partial charge in [0.2, 0.25) is 0 Å². The van der Waals surface area contributed by atoms with E-state index in [1.54, 1.807) is 17.4 Å². The molecule has 0 atom stereocenters. The molecule has 0 saturated carbocycles. The van der Waals surface area contributed by atoms with E-state index in [2.05, 4.69) is 26.8 Å². The van der Waals surface area contributed by atoms with E-state index in [-0.39, 0.29) is 5.56 Å². The van der Waals surface area contributed by atoms with Crippen molar-refractivity contribution in [2.45, 2.75) is 6.92 Å². The first-order valence-electron chi connectivity index (χ1n) is 7.48. The van der Waals surface area contributed by atoms with E-state index in [1.807, 2.05) is 37.3 Å². The molecule has 0 amide bonds. The van der Waals surface area contributed by atoms with Gasteiger partial charge in [0, 0.05) is 5.56 Å². The maximum absolute atomic E-state index is 11.4. The lowest BCUT2D eigenvalue weighted by molar-refractivity contribution is 0.0698. The molecule has 0 radical (unpaired) electrons. The highest BCUT2D eigenvalue weighted by Gasteiger charge is 2.14. The number of rotatable bonds is 3. The Hall–Kier alpha value is -2.92. The highest BCUT2D eigenvalue weighted by atomic mass is 32.1. The number of carboxylic acids is 1. The fourth-order valence-electron chi connectivity index (χ4n) is 2.81. The van der Waals surface area contributed by atoms with Crippen LogP contribution in [0.3, 0.4) is 0 Å². The van der Waals surface area contributed by atoms with Gasteiger partial charge in [0.25, 0.3) is 0 Å². The summed E-state index contributed by atoms with van der Waals surface area (Å²) >= 11 is 1.67. The van der Waals surface area contributed by atoms with E-state index >= 15 is 0 Å². The van der Waals surface area contributed by atoms with E-state index in [4.69, 9.17) is 0 Å². The zero-order valence-corrected chi connectivity index (χ0v) is 13.7. The number of H-pyrrole nitrogens is 1. The minimum absolute atomic E-state index is 0.224. The van der Waals surface area contributed by atoms with Crippen LogP contribution in [0, 0.1) is 6.92 Å². The Morgan fingerprint density at radius 1 is 1.08 bits per heavy atom. The molecule has 0 spiro atoms. The molecular formula is C19H14N2O2S. The van der Waals surface area contributed by atoms with Crippen LogP contribution in [-0.4, -0.2) is 21.0 Å². The number of carbonyl (C=O) groups is 1. The Morgan fingerprint density at radius 3 is 2.50 bits per heavy atom. The van der Waals surface area contributed by atoms with Crippen LogP contribution >= 0.6 is 11.3 Å². The highest BCUT2D eigenvalue weighted by Crippen LogP contribution is 2.27. The van der Waals surface area contributed by atoms with Crippen LogP contribution in [0.2, 0.25) is 0 Å². The van der Waals surface area contributed by atoms with Gasteiger partial charge in [-0.05, 0) is 52.6 Å². The van der Waals surface area contributed by atoms with Crippen LogP contribution in [0.4, 0.5) is 0 Å².